The van der Waals surface area contributed by atoms with E-state index in [0.717, 1.165) is 23.8 Å². The minimum Gasteiger partial charge on any atom is -0.464 e. The summed E-state index contributed by atoms with van der Waals surface area (Å²) in [5.74, 6) is 1.90. The number of hydrogen-bond donors (Lipinski definition) is 1. The zero-order valence-electron chi connectivity index (χ0n) is 11.2. The van der Waals surface area contributed by atoms with Gasteiger partial charge in [-0.1, -0.05) is 11.6 Å². The molecule has 2 aromatic heterocycles. The highest BCUT2D eigenvalue weighted by Gasteiger charge is 2.21. The smallest absolute Gasteiger partial charge is 0.125 e. The topological polar surface area (TPSA) is 43.0 Å². The van der Waals surface area contributed by atoms with E-state index in [0.29, 0.717) is 17.6 Å². The maximum Gasteiger partial charge on any atom is 0.125 e. The first kappa shape index (κ1) is 12.8. The molecule has 2 aromatic rings. The van der Waals surface area contributed by atoms with Gasteiger partial charge in [0.05, 0.1) is 17.3 Å². The van der Waals surface area contributed by atoms with Gasteiger partial charge in [-0.05, 0) is 32.8 Å². The van der Waals surface area contributed by atoms with Crippen LogP contribution in [0.4, 0.5) is 0 Å². The summed E-state index contributed by atoms with van der Waals surface area (Å²) in [4.78, 5) is 0. The first-order valence-electron chi connectivity index (χ1n) is 6.63. The van der Waals surface area contributed by atoms with E-state index in [4.69, 9.17) is 16.0 Å². The Kier molecular flexibility index (Phi) is 3.37. The van der Waals surface area contributed by atoms with E-state index in [1.54, 1.807) is 0 Å². The first-order valence-corrected chi connectivity index (χ1v) is 7.01. The quantitative estimate of drug-likeness (QED) is 0.915. The van der Waals surface area contributed by atoms with Crippen LogP contribution in [0, 0.1) is 13.8 Å². The molecule has 5 heteroatoms. The maximum absolute atomic E-state index is 6.00. The summed E-state index contributed by atoms with van der Waals surface area (Å²) in [7, 11) is 0. The minimum atomic E-state index is 0.623. The van der Waals surface area contributed by atoms with E-state index in [1.165, 1.54) is 18.4 Å². The van der Waals surface area contributed by atoms with Crippen molar-refractivity contribution in [2.75, 3.05) is 0 Å². The number of rotatable bonds is 5. The standard InChI is InChI=1S/C14H18ClN3O/c1-9-14(15)8-18(17-9)7-13-5-11(10(2)19-13)6-16-12-3-4-12/h5,8,12,16H,3-4,6-7H2,1-2H3. The monoisotopic (exact) mass is 279 g/mol. The van der Waals surface area contributed by atoms with Crippen molar-refractivity contribution in [1.29, 1.82) is 0 Å². The Labute approximate surface area is 117 Å². The van der Waals surface area contributed by atoms with Crippen molar-refractivity contribution in [3.63, 3.8) is 0 Å². The highest BCUT2D eigenvalue weighted by molar-refractivity contribution is 6.31. The molecule has 0 spiro atoms. The van der Waals surface area contributed by atoms with E-state index in [-0.39, 0.29) is 0 Å². The number of aromatic nitrogens is 2. The van der Waals surface area contributed by atoms with Gasteiger partial charge >= 0.3 is 0 Å². The lowest BCUT2D eigenvalue weighted by Gasteiger charge is -1.99. The van der Waals surface area contributed by atoms with Crippen LogP contribution >= 0.6 is 11.6 Å². The number of hydrogen-bond acceptors (Lipinski definition) is 3. The summed E-state index contributed by atoms with van der Waals surface area (Å²) in [6.45, 7) is 5.42. The second-order valence-corrected chi connectivity index (χ2v) is 5.62. The molecule has 4 nitrogen and oxygen atoms in total. The summed E-state index contributed by atoms with van der Waals surface area (Å²) >= 11 is 6.00. The fourth-order valence-electron chi connectivity index (χ4n) is 2.12. The Morgan fingerprint density at radius 3 is 2.89 bits per heavy atom. The molecule has 3 rings (SSSR count). The molecule has 19 heavy (non-hydrogen) atoms. The molecule has 1 aliphatic carbocycles. The number of halogens is 1. The highest BCUT2D eigenvalue weighted by atomic mass is 35.5. The predicted octanol–water partition coefficient (Wildman–Crippen LogP) is 3.05. The SMILES string of the molecule is Cc1nn(Cc2cc(CNC3CC3)c(C)o2)cc1Cl. The van der Waals surface area contributed by atoms with Gasteiger partial charge in [0.1, 0.15) is 11.5 Å². The van der Waals surface area contributed by atoms with E-state index in [9.17, 15) is 0 Å². The van der Waals surface area contributed by atoms with Gasteiger partial charge in [0.2, 0.25) is 0 Å². The lowest BCUT2D eigenvalue weighted by molar-refractivity contribution is 0.455. The second-order valence-electron chi connectivity index (χ2n) is 5.21. The van der Waals surface area contributed by atoms with Gasteiger partial charge in [-0.3, -0.25) is 4.68 Å². The van der Waals surface area contributed by atoms with Crippen LogP contribution in [-0.2, 0) is 13.1 Å². The van der Waals surface area contributed by atoms with Gasteiger partial charge in [0.25, 0.3) is 0 Å². The fraction of sp³-hybridized carbons (Fsp3) is 0.500. The number of aryl methyl sites for hydroxylation is 2. The van der Waals surface area contributed by atoms with Crippen molar-refractivity contribution < 1.29 is 4.42 Å². The van der Waals surface area contributed by atoms with Crippen molar-refractivity contribution >= 4 is 11.6 Å². The molecule has 0 atom stereocenters. The molecular formula is C14H18ClN3O. The molecule has 1 N–H and O–H groups in total. The van der Waals surface area contributed by atoms with Gasteiger partial charge < -0.3 is 9.73 Å². The second kappa shape index (κ2) is 5.02. The molecule has 0 bridgehead atoms. The average Bonchev–Trinajstić information content (AvgIpc) is 3.04. The van der Waals surface area contributed by atoms with Gasteiger partial charge in [0.15, 0.2) is 0 Å². The third-order valence-corrected chi connectivity index (χ3v) is 3.81. The molecule has 0 aromatic carbocycles. The summed E-state index contributed by atoms with van der Waals surface area (Å²) in [5.41, 5.74) is 2.08. The zero-order valence-corrected chi connectivity index (χ0v) is 12.0. The zero-order chi connectivity index (χ0) is 13.4. The molecule has 0 amide bonds. The van der Waals surface area contributed by atoms with Crippen molar-refractivity contribution in [2.45, 2.75) is 45.8 Å². The first-order chi connectivity index (χ1) is 9.11. The maximum atomic E-state index is 6.00. The van der Waals surface area contributed by atoms with Crippen molar-refractivity contribution in [3.8, 4) is 0 Å². The van der Waals surface area contributed by atoms with Crippen LogP contribution in [0.25, 0.3) is 0 Å². The van der Waals surface area contributed by atoms with Crippen LogP contribution in [0.15, 0.2) is 16.7 Å². The molecule has 1 aliphatic rings. The van der Waals surface area contributed by atoms with Crippen LogP contribution in [0.3, 0.4) is 0 Å². The molecule has 0 unspecified atom stereocenters. The molecular weight excluding hydrogens is 262 g/mol. The van der Waals surface area contributed by atoms with Crippen LogP contribution in [-0.4, -0.2) is 15.8 Å². The van der Waals surface area contributed by atoms with E-state index in [1.807, 2.05) is 24.7 Å². The third-order valence-electron chi connectivity index (χ3n) is 3.43. The summed E-state index contributed by atoms with van der Waals surface area (Å²) < 4.78 is 7.59. The molecule has 0 saturated heterocycles. The lowest BCUT2D eigenvalue weighted by Crippen LogP contribution is -2.15. The summed E-state index contributed by atoms with van der Waals surface area (Å²) in [6, 6.07) is 2.82. The number of nitrogens with zero attached hydrogens (tertiary/aromatic N) is 2. The Morgan fingerprint density at radius 1 is 1.47 bits per heavy atom. The summed E-state index contributed by atoms with van der Waals surface area (Å²) in [5, 5.41) is 8.53. The minimum absolute atomic E-state index is 0.623. The molecule has 2 heterocycles. The van der Waals surface area contributed by atoms with Crippen molar-refractivity contribution in [2.24, 2.45) is 0 Å². The van der Waals surface area contributed by atoms with Gasteiger partial charge in [-0.2, -0.15) is 5.10 Å². The number of nitrogens with one attached hydrogen (secondary N) is 1. The van der Waals surface area contributed by atoms with Crippen molar-refractivity contribution in [1.82, 2.24) is 15.1 Å². The van der Waals surface area contributed by atoms with Gasteiger partial charge in [-0.25, -0.2) is 0 Å². The Morgan fingerprint density at radius 2 is 2.26 bits per heavy atom. The van der Waals surface area contributed by atoms with E-state index < -0.39 is 0 Å². The predicted molar refractivity (Wildman–Crippen MR) is 74.4 cm³/mol. The largest absolute Gasteiger partial charge is 0.464 e. The average molecular weight is 280 g/mol. The molecule has 0 aliphatic heterocycles. The highest BCUT2D eigenvalue weighted by Crippen LogP contribution is 2.22. The van der Waals surface area contributed by atoms with E-state index in [2.05, 4.69) is 16.5 Å². The third kappa shape index (κ3) is 3.01. The Hall–Kier alpha value is -1.26. The van der Waals surface area contributed by atoms with E-state index >= 15 is 0 Å². The Bertz CT molecular complexity index is 564. The number of furan rings is 1. The van der Waals surface area contributed by atoms with Crippen LogP contribution in [0.5, 0.6) is 0 Å². The van der Waals surface area contributed by atoms with Crippen LogP contribution < -0.4 is 5.32 Å². The molecule has 1 saturated carbocycles. The molecule has 1 fully saturated rings. The molecule has 0 radical (unpaired) electrons. The Balaban J connectivity index is 1.68. The molecule has 102 valence electrons. The normalized spacial score (nSPS) is 15.1. The van der Waals surface area contributed by atoms with Crippen LogP contribution in [0.1, 0.15) is 35.6 Å². The summed E-state index contributed by atoms with van der Waals surface area (Å²) in [6.07, 6.45) is 4.43. The lowest BCUT2D eigenvalue weighted by atomic mass is 10.2. The van der Waals surface area contributed by atoms with Crippen LogP contribution in [0.2, 0.25) is 5.02 Å². The van der Waals surface area contributed by atoms with Gasteiger partial charge in [-0.15, -0.1) is 0 Å². The fourth-order valence-corrected chi connectivity index (χ4v) is 2.27. The van der Waals surface area contributed by atoms with Crippen molar-refractivity contribution in [3.05, 3.63) is 40.1 Å². The van der Waals surface area contributed by atoms with Gasteiger partial charge in [0, 0.05) is 24.3 Å².